The first-order valence-electron chi connectivity index (χ1n) is 7.60. The first kappa shape index (κ1) is 17.8. The molecule has 0 atom stereocenters. The molecule has 0 aliphatic carbocycles. The first-order chi connectivity index (χ1) is 11.9. The van der Waals surface area contributed by atoms with Gasteiger partial charge in [-0.05, 0) is 25.5 Å². The lowest BCUT2D eigenvalue weighted by molar-refractivity contribution is 0.552. The number of alkyl halides is 1. The Morgan fingerprint density at radius 1 is 1.28 bits per heavy atom. The molecule has 0 aliphatic rings. The number of benzene rings is 1. The molecule has 0 fully saturated rings. The van der Waals surface area contributed by atoms with Crippen molar-refractivity contribution >= 4 is 28.5 Å². The molecule has 130 valence electrons. The Kier molecular flexibility index (Phi) is 5.01. The molecule has 2 heterocycles. The number of aromatic nitrogens is 3. The smallest absolute Gasteiger partial charge is 0.182 e. The zero-order chi connectivity index (χ0) is 18.1. The van der Waals surface area contributed by atoms with Crippen LogP contribution in [0.5, 0.6) is 0 Å². The standard InChI is InChI=1S/C18H16ClF2N3S/c1-10-4-6-12(7-5-10)15-8-14(19)16(25-15)18-22-17(23-24(18)3)13(9-20)11(2)21/h4-8H,9H2,1-3H3/b13-11-. The van der Waals surface area contributed by atoms with E-state index in [1.807, 2.05) is 37.3 Å². The van der Waals surface area contributed by atoms with Crippen LogP contribution < -0.4 is 0 Å². The van der Waals surface area contributed by atoms with Gasteiger partial charge in [-0.1, -0.05) is 41.4 Å². The van der Waals surface area contributed by atoms with E-state index in [1.165, 1.54) is 28.5 Å². The van der Waals surface area contributed by atoms with Crippen LogP contribution in [-0.4, -0.2) is 21.4 Å². The van der Waals surface area contributed by atoms with Crippen LogP contribution in [0.2, 0.25) is 5.02 Å². The van der Waals surface area contributed by atoms with Crippen LogP contribution in [0.1, 0.15) is 18.3 Å². The van der Waals surface area contributed by atoms with Gasteiger partial charge in [-0.15, -0.1) is 11.3 Å². The lowest BCUT2D eigenvalue weighted by Crippen LogP contribution is -1.95. The van der Waals surface area contributed by atoms with E-state index in [1.54, 1.807) is 7.05 Å². The molecule has 25 heavy (non-hydrogen) atoms. The summed E-state index contributed by atoms with van der Waals surface area (Å²) in [5, 5.41) is 4.66. The zero-order valence-corrected chi connectivity index (χ0v) is 15.6. The molecule has 3 rings (SSSR count). The van der Waals surface area contributed by atoms with Crippen molar-refractivity contribution in [3.63, 3.8) is 0 Å². The van der Waals surface area contributed by atoms with E-state index in [0.29, 0.717) is 15.7 Å². The fourth-order valence-electron chi connectivity index (χ4n) is 2.40. The van der Waals surface area contributed by atoms with Crippen molar-refractivity contribution in [2.45, 2.75) is 13.8 Å². The van der Waals surface area contributed by atoms with Crippen LogP contribution in [0.3, 0.4) is 0 Å². The highest BCUT2D eigenvalue weighted by atomic mass is 35.5. The van der Waals surface area contributed by atoms with Gasteiger partial charge < -0.3 is 0 Å². The van der Waals surface area contributed by atoms with E-state index in [-0.39, 0.29) is 11.4 Å². The second kappa shape index (κ2) is 7.06. The summed E-state index contributed by atoms with van der Waals surface area (Å²) in [4.78, 5) is 6.00. The lowest BCUT2D eigenvalue weighted by Gasteiger charge is -1.98. The molecule has 3 aromatic rings. The van der Waals surface area contributed by atoms with Gasteiger partial charge >= 0.3 is 0 Å². The molecule has 7 heteroatoms. The molecule has 0 saturated carbocycles. The van der Waals surface area contributed by atoms with Gasteiger partial charge in [-0.2, -0.15) is 5.10 Å². The third kappa shape index (κ3) is 3.50. The summed E-state index contributed by atoms with van der Waals surface area (Å²) in [5.74, 6) is -0.103. The van der Waals surface area contributed by atoms with Crippen molar-refractivity contribution in [2.24, 2.45) is 7.05 Å². The summed E-state index contributed by atoms with van der Waals surface area (Å²) >= 11 is 7.85. The minimum absolute atomic E-state index is 0.0429. The average molecular weight is 380 g/mol. The summed E-state index contributed by atoms with van der Waals surface area (Å²) < 4.78 is 28.0. The van der Waals surface area contributed by atoms with Crippen molar-refractivity contribution in [1.82, 2.24) is 14.8 Å². The molecule has 0 radical (unpaired) electrons. The van der Waals surface area contributed by atoms with Crippen LogP contribution >= 0.6 is 22.9 Å². The second-order valence-electron chi connectivity index (χ2n) is 5.68. The summed E-state index contributed by atoms with van der Waals surface area (Å²) in [6, 6.07) is 9.99. The van der Waals surface area contributed by atoms with Crippen molar-refractivity contribution in [1.29, 1.82) is 0 Å². The molecule has 0 N–H and O–H groups in total. The number of hydrogen-bond acceptors (Lipinski definition) is 3. The number of rotatable bonds is 4. The Morgan fingerprint density at radius 2 is 1.96 bits per heavy atom. The summed E-state index contributed by atoms with van der Waals surface area (Å²) in [6.07, 6.45) is 0. The lowest BCUT2D eigenvalue weighted by atomic mass is 10.1. The van der Waals surface area contributed by atoms with Gasteiger partial charge in [0.1, 0.15) is 12.5 Å². The zero-order valence-electron chi connectivity index (χ0n) is 14.0. The maximum Gasteiger partial charge on any atom is 0.182 e. The predicted molar refractivity (Wildman–Crippen MR) is 99.2 cm³/mol. The molecule has 0 spiro atoms. The Bertz CT molecular complexity index is 938. The van der Waals surface area contributed by atoms with Gasteiger partial charge in [0.25, 0.3) is 0 Å². The minimum Gasteiger partial charge on any atom is -0.248 e. The van der Waals surface area contributed by atoms with E-state index < -0.39 is 12.5 Å². The van der Waals surface area contributed by atoms with Gasteiger partial charge in [0.05, 0.1) is 15.5 Å². The number of thiophene rings is 1. The predicted octanol–water partition coefficient (Wildman–Crippen LogP) is 5.84. The Hall–Kier alpha value is -2.05. The van der Waals surface area contributed by atoms with Gasteiger partial charge in [-0.3, -0.25) is 0 Å². The molecule has 0 amide bonds. The highest BCUT2D eigenvalue weighted by Crippen LogP contribution is 2.40. The summed E-state index contributed by atoms with van der Waals surface area (Å²) in [5.41, 5.74) is 2.08. The van der Waals surface area contributed by atoms with Crippen molar-refractivity contribution in [3.05, 3.63) is 52.6 Å². The third-order valence-corrected chi connectivity index (χ3v) is 5.40. The maximum absolute atomic E-state index is 13.5. The fourth-order valence-corrected chi connectivity index (χ4v) is 3.85. The van der Waals surface area contributed by atoms with E-state index in [9.17, 15) is 8.78 Å². The number of hydrogen-bond donors (Lipinski definition) is 0. The van der Waals surface area contributed by atoms with E-state index in [0.717, 1.165) is 10.4 Å². The highest BCUT2D eigenvalue weighted by molar-refractivity contribution is 7.19. The SMILES string of the molecule is C/C(F)=C(\CF)c1nc(-c2sc(-c3ccc(C)cc3)cc2Cl)n(C)n1. The largest absolute Gasteiger partial charge is 0.248 e. The van der Waals surface area contributed by atoms with Crippen LogP contribution in [0.25, 0.3) is 26.7 Å². The molecule has 0 unspecified atom stereocenters. The molecule has 0 bridgehead atoms. The molecular weight excluding hydrogens is 364 g/mol. The maximum atomic E-state index is 13.5. The molecular formula is C18H16ClF2N3S. The number of aryl methyl sites for hydroxylation is 2. The number of allylic oxidation sites excluding steroid dienone is 2. The van der Waals surface area contributed by atoms with Gasteiger partial charge in [-0.25, -0.2) is 18.4 Å². The summed E-state index contributed by atoms with van der Waals surface area (Å²) in [7, 11) is 1.68. The van der Waals surface area contributed by atoms with Gasteiger partial charge in [0, 0.05) is 11.9 Å². The van der Waals surface area contributed by atoms with Crippen LogP contribution in [0.4, 0.5) is 8.78 Å². The van der Waals surface area contributed by atoms with Gasteiger partial charge in [0.2, 0.25) is 0 Å². The van der Waals surface area contributed by atoms with Crippen molar-refractivity contribution in [3.8, 4) is 21.1 Å². The minimum atomic E-state index is -0.960. The topological polar surface area (TPSA) is 30.7 Å². The number of halogens is 3. The fraction of sp³-hybridized carbons (Fsp3) is 0.222. The quantitative estimate of drug-likeness (QED) is 0.570. The molecule has 2 aromatic heterocycles. The second-order valence-corrected chi connectivity index (χ2v) is 7.14. The van der Waals surface area contributed by atoms with Crippen molar-refractivity contribution < 1.29 is 8.78 Å². The Balaban J connectivity index is 2.05. The van der Waals surface area contributed by atoms with E-state index in [2.05, 4.69) is 10.1 Å². The summed E-state index contributed by atoms with van der Waals surface area (Å²) in [6.45, 7) is 2.26. The molecule has 3 nitrogen and oxygen atoms in total. The van der Waals surface area contributed by atoms with Crippen molar-refractivity contribution in [2.75, 3.05) is 6.67 Å². The Labute approximate surface area is 153 Å². The van der Waals surface area contributed by atoms with E-state index in [4.69, 9.17) is 11.6 Å². The molecule has 0 saturated heterocycles. The van der Waals surface area contributed by atoms with Crippen LogP contribution in [0, 0.1) is 6.92 Å². The number of nitrogens with zero attached hydrogens (tertiary/aromatic N) is 3. The average Bonchev–Trinajstić information content (AvgIpc) is 3.11. The van der Waals surface area contributed by atoms with E-state index >= 15 is 0 Å². The third-order valence-electron chi connectivity index (χ3n) is 3.81. The van der Waals surface area contributed by atoms with Crippen LogP contribution in [0.15, 0.2) is 36.2 Å². The Morgan fingerprint density at radius 3 is 2.56 bits per heavy atom. The molecule has 0 aliphatic heterocycles. The van der Waals surface area contributed by atoms with Gasteiger partial charge in [0.15, 0.2) is 11.6 Å². The highest BCUT2D eigenvalue weighted by Gasteiger charge is 2.20. The first-order valence-corrected chi connectivity index (χ1v) is 8.79. The molecule has 1 aromatic carbocycles. The van der Waals surface area contributed by atoms with Crippen LogP contribution in [-0.2, 0) is 7.05 Å². The monoisotopic (exact) mass is 379 g/mol. The normalized spacial score (nSPS) is 12.4.